The molecule has 0 radical (unpaired) electrons. The van der Waals surface area contributed by atoms with Crippen LogP contribution in [0.2, 0.25) is 0 Å². The van der Waals surface area contributed by atoms with Gasteiger partial charge in [0.1, 0.15) is 12.7 Å². The number of aryl methyl sites for hydroxylation is 2. The number of nitrogens with zero attached hydrogens (tertiary/aromatic N) is 4. The second-order valence-electron chi connectivity index (χ2n) is 2.96. The van der Waals surface area contributed by atoms with Gasteiger partial charge >= 0.3 is 5.69 Å². The zero-order valence-corrected chi connectivity index (χ0v) is 7.83. The molecule has 7 heteroatoms. The fourth-order valence-electron chi connectivity index (χ4n) is 1.18. The van der Waals surface area contributed by atoms with Gasteiger partial charge in [0, 0.05) is 18.8 Å². The molecule has 0 aliphatic heterocycles. The van der Waals surface area contributed by atoms with E-state index in [2.05, 4.69) is 15.1 Å². The molecule has 78 valence electrons. The van der Waals surface area contributed by atoms with Crippen LogP contribution in [0.15, 0.2) is 34.5 Å². The number of aromatic amines is 1. The number of rotatable bonds is 3. The molecule has 0 spiro atoms. The van der Waals surface area contributed by atoms with Crippen LogP contribution in [-0.2, 0) is 13.1 Å². The van der Waals surface area contributed by atoms with Crippen molar-refractivity contribution in [2.24, 2.45) is 0 Å². The summed E-state index contributed by atoms with van der Waals surface area (Å²) in [7, 11) is 0. The first-order valence-electron chi connectivity index (χ1n) is 4.38. The normalized spacial score (nSPS) is 10.4. The summed E-state index contributed by atoms with van der Waals surface area (Å²) < 4.78 is 3.01. The third-order valence-electron chi connectivity index (χ3n) is 1.93. The van der Waals surface area contributed by atoms with E-state index in [0.717, 1.165) is 0 Å². The van der Waals surface area contributed by atoms with Gasteiger partial charge in [-0.15, -0.1) is 0 Å². The van der Waals surface area contributed by atoms with Gasteiger partial charge in [0.15, 0.2) is 0 Å². The lowest BCUT2D eigenvalue weighted by Crippen LogP contribution is -2.29. The number of H-pyrrole nitrogens is 1. The van der Waals surface area contributed by atoms with Crippen molar-refractivity contribution >= 4 is 0 Å². The van der Waals surface area contributed by atoms with Crippen LogP contribution >= 0.6 is 0 Å². The monoisotopic (exact) mass is 207 g/mol. The van der Waals surface area contributed by atoms with Crippen molar-refractivity contribution in [1.29, 1.82) is 0 Å². The summed E-state index contributed by atoms with van der Waals surface area (Å²) in [6.07, 6.45) is 4.45. The van der Waals surface area contributed by atoms with Gasteiger partial charge in [-0.2, -0.15) is 5.10 Å². The first-order chi connectivity index (χ1) is 7.25. The molecule has 0 saturated carbocycles. The van der Waals surface area contributed by atoms with E-state index in [1.807, 2.05) is 0 Å². The van der Waals surface area contributed by atoms with E-state index in [1.165, 1.54) is 23.2 Å². The quantitative estimate of drug-likeness (QED) is 0.687. The SMILES string of the molecule is O=c1ccn(CCn2cncn2)c(=O)[nH]1. The molecule has 7 nitrogen and oxygen atoms in total. The average molecular weight is 207 g/mol. The predicted octanol–water partition coefficient (Wildman–Crippen LogP) is -1.17. The van der Waals surface area contributed by atoms with Gasteiger partial charge in [-0.3, -0.25) is 19.0 Å². The highest BCUT2D eigenvalue weighted by atomic mass is 16.2. The fraction of sp³-hybridized carbons (Fsp3) is 0.250. The molecule has 0 aliphatic carbocycles. The van der Waals surface area contributed by atoms with Crippen molar-refractivity contribution in [1.82, 2.24) is 24.3 Å². The molecule has 0 bridgehead atoms. The fourth-order valence-corrected chi connectivity index (χ4v) is 1.18. The van der Waals surface area contributed by atoms with Gasteiger partial charge in [0.25, 0.3) is 5.56 Å². The summed E-state index contributed by atoms with van der Waals surface area (Å²) >= 11 is 0. The van der Waals surface area contributed by atoms with E-state index in [1.54, 1.807) is 11.0 Å². The van der Waals surface area contributed by atoms with Crippen LogP contribution in [0.25, 0.3) is 0 Å². The molecule has 2 rings (SSSR count). The highest BCUT2D eigenvalue weighted by Crippen LogP contribution is 1.83. The third-order valence-corrected chi connectivity index (χ3v) is 1.93. The minimum absolute atomic E-state index is 0.392. The van der Waals surface area contributed by atoms with Gasteiger partial charge in [-0.1, -0.05) is 0 Å². The number of hydrogen-bond acceptors (Lipinski definition) is 4. The third kappa shape index (κ3) is 2.19. The molecular formula is C8H9N5O2. The van der Waals surface area contributed by atoms with Crippen molar-refractivity contribution in [2.45, 2.75) is 13.1 Å². The molecule has 0 saturated heterocycles. The molecule has 2 heterocycles. The molecule has 0 unspecified atom stereocenters. The minimum atomic E-state index is -0.414. The van der Waals surface area contributed by atoms with Crippen molar-refractivity contribution in [3.05, 3.63) is 45.8 Å². The molecule has 2 aromatic rings. The Kier molecular flexibility index (Phi) is 2.44. The lowest BCUT2D eigenvalue weighted by atomic mass is 10.5. The van der Waals surface area contributed by atoms with Crippen LogP contribution in [0, 0.1) is 0 Å². The average Bonchev–Trinajstić information content (AvgIpc) is 2.69. The van der Waals surface area contributed by atoms with Gasteiger partial charge in [-0.25, -0.2) is 9.78 Å². The second kappa shape index (κ2) is 3.91. The van der Waals surface area contributed by atoms with Crippen molar-refractivity contribution < 1.29 is 0 Å². The van der Waals surface area contributed by atoms with Crippen LogP contribution in [0.4, 0.5) is 0 Å². The Balaban J connectivity index is 2.12. The van der Waals surface area contributed by atoms with Crippen LogP contribution in [0.1, 0.15) is 0 Å². The maximum atomic E-state index is 11.3. The molecule has 0 amide bonds. The summed E-state index contributed by atoms with van der Waals surface area (Å²) in [6.45, 7) is 0.977. The van der Waals surface area contributed by atoms with Crippen LogP contribution in [0.5, 0.6) is 0 Å². The standard InChI is InChI=1S/C8H9N5O2/c14-7-1-2-12(8(15)11-7)3-4-13-6-9-5-10-13/h1-2,5-6H,3-4H2,(H,11,14,15). The van der Waals surface area contributed by atoms with Gasteiger partial charge in [0.05, 0.1) is 6.54 Å². The van der Waals surface area contributed by atoms with E-state index in [9.17, 15) is 9.59 Å². The highest BCUT2D eigenvalue weighted by Gasteiger charge is 1.97. The Morgan fingerprint density at radius 2 is 2.20 bits per heavy atom. The molecule has 15 heavy (non-hydrogen) atoms. The van der Waals surface area contributed by atoms with Crippen LogP contribution < -0.4 is 11.2 Å². The molecule has 2 aromatic heterocycles. The maximum Gasteiger partial charge on any atom is 0.328 e. The Morgan fingerprint density at radius 3 is 2.87 bits per heavy atom. The number of hydrogen-bond donors (Lipinski definition) is 1. The summed E-state index contributed by atoms with van der Waals surface area (Å²) in [4.78, 5) is 28.0. The topological polar surface area (TPSA) is 85.6 Å². The van der Waals surface area contributed by atoms with Crippen molar-refractivity contribution in [2.75, 3.05) is 0 Å². The van der Waals surface area contributed by atoms with Crippen LogP contribution in [-0.4, -0.2) is 24.3 Å². The minimum Gasteiger partial charge on any atom is -0.299 e. The zero-order valence-electron chi connectivity index (χ0n) is 7.83. The van der Waals surface area contributed by atoms with Gasteiger partial charge in [-0.05, 0) is 0 Å². The maximum absolute atomic E-state index is 11.3. The Bertz CT molecular complexity index is 539. The van der Waals surface area contributed by atoms with Gasteiger partial charge < -0.3 is 0 Å². The predicted molar refractivity (Wildman–Crippen MR) is 51.3 cm³/mol. The Labute approximate surface area is 84.0 Å². The summed E-state index contributed by atoms with van der Waals surface area (Å²) in [5, 5.41) is 3.90. The van der Waals surface area contributed by atoms with E-state index in [-0.39, 0.29) is 0 Å². The van der Waals surface area contributed by atoms with E-state index in [0.29, 0.717) is 13.1 Å². The van der Waals surface area contributed by atoms with Crippen molar-refractivity contribution in [3.63, 3.8) is 0 Å². The molecule has 0 aromatic carbocycles. The lowest BCUT2D eigenvalue weighted by molar-refractivity contribution is 0.515. The molecule has 1 N–H and O–H groups in total. The summed E-state index contributed by atoms with van der Waals surface area (Å²) in [6, 6.07) is 1.31. The van der Waals surface area contributed by atoms with Gasteiger partial charge in [0.2, 0.25) is 0 Å². The Hall–Kier alpha value is -2.18. The molecule has 0 atom stereocenters. The molecule has 0 aliphatic rings. The van der Waals surface area contributed by atoms with E-state index < -0.39 is 11.2 Å². The first-order valence-corrected chi connectivity index (χ1v) is 4.38. The van der Waals surface area contributed by atoms with E-state index in [4.69, 9.17) is 0 Å². The molecular weight excluding hydrogens is 198 g/mol. The summed E-state index contributed by atoms with van der Waals surface area (Å²) in [5.74, 6) is 0. The number of nitrogens with one attached hydrogen (secondary N) is 1. The van der Waals surface area contributed by atoms with E-state index >= 15 is 0 Å². The second-order valence-corrected chi connectivity index (χ2v) is 2.96. The lowest BCUT2D eigenvalue weighted by Gasteiger charge is -2.03. The highest BCUT2D eigenvalue weighted by molar-refractivity contribution is 4.82. The number of aromatic nitrogens is 5. The van der Waals surface area contributed by atoms with Crippen molar-refractivity contribution in [3.8, 4) is 0 Å². The first kappa shape index (κ1) is 9.38. The Morgan fingerprint density at radius 1 is 1.33 bits per heavy atom. The summed E-state index contributed by atoms with van der Waals surface area (Å²) in [5.41, 5.74) is -0.806. The smallest absolute Gasteiger partial charge is 0.299 e. The largest absolute Gasteiger partial charge is 0.328 e. The molecule has 0 fully saturated rings. The zero-order chi connectivity index (χ0) is 10.7. The van der Waals surface area contributed by atoms with Crippen LogP contribution in [0.3, 0.4) is 0 Å².